The van der Waals surface area contributed by atoms with Gasteiger partial charge in [0.15, 0.2) is 17.7 Å². The second-order valence-corrected chi connectivity index (χ2v) is 4.53. The smallest absolute Gasteiger partial charge is 0.214 e. The number of ether oxygens (including phenoxy) is 1. The maximum Gasteiger partial charge on any atom is 0.214 e. The van der Waals surface area contributed by atoms with Crippen molar-refractivity contribution in [2.45, 2.75) is 24.5 Å². The summed E-state index contributed by atoms with van der Waals surface area (Å²) in [6.45, 7) is -0.383. The fourth-order valence-corrected chi connectivity index (χ4v) is 2.36. The van der Waals surface area contributed by atoms with Crippen LogP contribution < -0.4 is 10.6 Å². The fourth-order valence-electron chi connectivity index (χ4n) is 2.36. The van der Waals surface area contributed by atoms with Crippen molar-refractivity contribution < 1.29 is 14.9 Å². The molecule has 0 aliphatic carbocycles. The molecule has 3 rings (SSSR count). The number of imidazole rings is 1. The van der Waals surface area contributed by atoms with Crippen LogP contribution in [0.3, 0.4) is 0 Å². The number of nitrogen functional groups attached to an aromatic ring is 1. The Morgan fingerprint density at radius 3 is 3.00 bits per heavy atom. The molecule has 0 bridgehead atoms. The second-order valence-electron chi connectivity index (χ2n) is 4.53. The van der Waals surface area contributed by atoms with Gasteiger partial charge >= 0.3 is 0 Å². The second kappa shape index (κ2) is 5.14. The maximum absolute atomic E-state index is 10.1. The zero-order valence-corrected chi connectivity index (χ0v) is 10.7. The van der Waals surface area contributed by atoms with E-state index in [-0.39, 0.29) is 12.4 Å². The Morgan fingerprint density at radius 1 is 1.48 bits per heavy atom. The number of rotatable bonds is 3. The van der Waals surface area contributed by atoms with Crippen LogP contribution in [0.5, 0.6) is 0 Å². The third kappa shape index (κ3) is 2.04. The standard InChI is InChI=1S/C10H13N8O3/c11-8-6-9(14-2-13-8)18(3-15-6)10-5(16-17-12)7(20)4(1-19)21-10/h2-5,7,10,12,19-20H,1H2,(H2,11,13,14)/q+1. The van der Waals surface area contributed by atoms with Gasteiger partial charge in [0, 0.05) is 0 Å². The van der Waals surface area contributed by atoms with Crippen LogP contribution in [-0.4, -0.2) is 54.6 Å². The Balaban J connectivity index is 2.08. The molecule has 0 spiro atoms. The number of fused-ring (bicyclic) bond motifs is 1. The Kier molecular flexibility index (Phi) is 3.31. The quantitative estimate of drug-likeness (QED) is 0.397. The van der Waals surface area contributed by atoms with E-state index in [1.54, 1.807) is 0 Å². The van der Waals surface area contributed by atoms with E-state index in [9.17, 15) is 10.2 Å². The lowest BCUT2D eigenvalue weighted by molar-refractivity contribution is -0.0437. The molecule has 110 valence electrons. The first-order valence-corrected chi connectivity index (χ1v) is 6.11. The number of nitrogens with one attached hydrogen (secondary N) is 1. The van der Waals surface area contributed by atoms with Crippen molar-refractivity contribution in [1.29, 1.82) is 5.53 Å². The predicted molar refractivity (Wildman–Crippen MR) is 67.8 cm³/mol. The van der Waals surface area contributed by atoms with Crippen LogP contribution >= 0.6 is 0 Å². The summed E-state index contributed by atoms with van der Waals surface area (Å²) in [7, 11) is 0. The van der Waals surface area contributed by atoms with Gasteiger partial charge in [-0.05, 0) is 0 Å². The predicted octanol–water partition coefficient (Wildman–Crippen LogP) is -1.42. The van der Waals surface area contributed by atoms with Crippen molar-refractivity contribution in [2.24, 2.45) is 5.11 Å². The van der Waals surface area contributed by atoms with Gasteiger partial charge in [0.2, 0.25) is 11.0 Å². The molecular formula is C10H13N8O3+. The fraction of sp³-hybridized carbons (Fsp3) is 0.500. The Bertz CT molecular complexity index is 711. The van der Waals surface area contributed by atoms with Crippen molar-refractivity contribution >= 4 is 17.0 Å². The molecule has 3 heterocycles. The van der Waals surface area contributed by atoms with E-state index in [2.05, 4.69) is 25.0 Å². The number of hydrogen-bond acceptors (Lipinski definition) is 9. The lowest BCUT2D eigenvalue weighted by Crippen LogP contribution is -2.32. The summed E-state index contributed by atoms with van der Waals surface area (Å²) < 4.78 is 7.08. The third-order valence-electron chi connectivity index (χ3n) is 3.37. The third-order valence-corrected chi connectivity index (χ3v) is 3.37. The minimum absolute atomic E-state index is 0.217. The molecule has 11 heteroatoms. The van der Waals surface area contributed by atoms with Crippen molar-refractivity contribution in [2.75, 3.05) is 12.3 Å². The highest BCUT2D eigenvalue weighted by Crippen LogP contribution is 2.33. The van der Waals surface area contributed by atoms with Gasteiger partial charge in [-0.2, -0.15) is 0 Å². The Hall–Kier alpha value is -2.46. The van der Waals surface area contributed by atoms with Gasteiger partial charge in [0.05, 0.1) is 12.9 Å². The highest BCUT2D eigenvalue weighted by atomic mass is 16.5. The number of aliphatic hydroxyl groups excluding tert-OH is 2. The summed E-state index contributed by atoms with van der Waals surface area (Å²) in [4.78, 5) is 15.0. The van der Waals surface area contributed by atoms with Gasteiger partial charge in [-0.15, -0.1) is 0 Å². The zero-order valence-electron chi connectivity index (χ0n) is 10.7. The van der Waals surface area contributed by atoms with Gasteiger partial charge in [0.25, 0.3) is 0 Å². The molecule has 1 saturated heterocycles. The van der Waals surface area contributed by atoms with Crippen LogP contribution in [0.15, 0.2) is 17.8 Å². The van der Waals surface area contributed by atoms with E-state index in [1.165, 1.54) is 17.2 Å². The molecule has 4 unspecified atom stereocenters. The molecule has 0 saturated carbocycles. The number of nitrogens with two attached hydrogens (primary N) is 1. The summed E-state index contributed by atoms with van der Waals surface area (Å²) >= 11 is 0. The minimum atomic E-state index is -1.09. The van der Waals surface area contributed by atoms with Gasteiger partial charge in [-0.3, -0.25) is 4.57 Å². The van der Waals surface area contributed by atoms with Crippen molar-refractivity contribution in [3.8, 4) is 0 Å². The summed E-state index contributed by atoms with van der Waals surface area (Å²) in [5, 5.41) is 22.9. The van der Waals surface area contributed by atoms with Gasteiger partial charge in [-0.1, -0.05) is 0 Å². The SMILES string of the molecule is N=[N+]=NC1C(O)C(CO)OC1n1cnc2c(N)ncnc21. The van der Waals surface area contributed by atoms with Crippen molar-refractivity contribution in [3.63, 3.8) is 0 Å². The molecule has 1 aliphatic heterocycles. The average molecular weight is 293 g/mol. The molecule has 21 heavy (non-hydrogen) atoms. The topological polar surface area (TPSA) is 170 Å². The lowest BCUT2D eigenvalue weighted by Gasteiger charge is -2.14. The Labute approximate surface area is 117 Å². The van der Waals surface area contributed by atoms with Crippen LogP contribution in [0.4, 0.5) is 5.82 Å². The maximum atomic E-state index is 10.1. The van der Waals surface area contributed by atoms with Gasteiger partial charge in [0.1, 0.15) is 34.7 Å². The van der Waals surface area contributed by atoms with Crippen LogP contribution in [-0.2, 0) is 4.74 Å². The van der Waals surface area contributed by atoms with Crippen molar-refractivity contribution in [3.05, 3.63) is 12.7 Å². The first-order valence-electron chi connectivity index (χ1n) is 6.11. The molecule has 2 aromatic rings. The molecule has 2 aromatic heterocycles. The molecule has 0 aromatic carbocycles. The number of hydrogen-bond donors (Lipinski definition) is 4. The number of aliphatic hydroxyl groups is 2. The highest BCUT2D eigenvalue weighted by molar-refractivity contribution is 5.81. The average Bonchev–Trinajstić information content (AvgIpc) is 3.03. The zero-order chi connectivity index (χ0) is 15.0. The van der Waals surface area contributed by atoms with Gasteiger partial charge in [-0.25, -0.2) is 15.0 Å². The van der Waals surface area contributed by atoms with Crippen LogP contribution in [0.25, 0.3) is 11.2 Å². The first-order chi connectivity index (χ1) is 10.2. The normalized spacial score (nSPS) is 28.7. The molecule has 1 aliphatic rings. The monoisotopic (exact) mass is 293 g/mol. The van der Waals surface area contributed by atoms with E-state index in [0.717, 1.165) is 0 Å². The summed E-state index contributed by atoms with van der Waals surface area (Å²) in [5.41, 5.74) is 13.4. The van der Waals surface area contributed by atoms with Crippen molar-refractivity contribution in [1.82, 2.24) is 24.4 Å². The van der Waals surface area contributed by atoms with E-state index in [1.807, 2.05) is 0 Å². The summed E-state index contributed by atoms with van der Waals surface area (Å²) in [6.07, 6.45) is -0.0103. The summed E-state index contributed by atoms with van der Waals surface area (Å²) in [5.74, 6) is 0.217. The highest BCUT2D eigenvalue weighted by Gasteiger charge is 2.48. The van der Waals surface area contributed by atoms with E-state index in [0.29, 0.717) is 11.2 Å². The molecule has 11 nitrogen and oxygen atoms in total. The van der Waals surface area contributed by atoms with Crippen LogP contribution in [0, 0.1) is 5.53 Å². The first kappa shape index (κ1) is 13.5. The molecule has 5 N–H and O–H groups in total. The summed E-state index contributed by atoms with van der Waals surface area (Å²) in [6, 6.07) is -0.853. The number of nitrogens with zero attached hydrogens (tertiary/aromatic N) is 6. The molecule has 0 amide bonds. The van der Waals surface area contributed by atoms with E-state index >= 15 is 0 Å². The minimum Gasteiger partial charge on any atom is -0.394 e. The molecule has 0 radical (unpaired) electrons. The Morgan fingerprint density at radius 2 is 2.29 bits per heavy atom. The van der Waals surface area contributed by atoms with E-state index < -0.39 is 24.5 Å². The molecule has 1 fully saturated rings. The largest absolute Gasteiger partial charge is 0.394 e. The lowest BCUT2D eigenvalue weighted by atomic mass is 10.1. The van der Waals surface area contributed by atoms with Gasteiger partial charge < -0.3 is 20.7 Å². The van der Waals surface area contributed by atoms with E-state index in [4.69, 9.17) is 16.0 Å². The molecular weight excluding hydrogens is 280 g/mol. The number of anilines is 1. The van der Waals surface area contributed by atoms with Crippen LogP contribution in [0.1, 0.15) is 6.23 Å². The molecule has 4 atom stereocenters. The van der Waals surface area contributed by atoms with Crippen LogP contribution in [0.2, 0.25) is 0 Å². The number of aromatic nitrogens is 4.